The normalized spacial score (nSPS) is 19.4. The van der Waals surface area contributed by atoms with Crippen LogP contribution >= 0.6 is 0 Å². The molecule has 0 unspecified atom stereocenters. The van der Waals surface area contributed by atoms with Gasteiger partial charge in [-0.25, -0.2) is 9.78 Å². The summed E-state index contributed by atoms with van der Waals surface area (Å²) in [5, 5.41) is 8.77. The van der Waals surface area contributed by atoms with Crippen LogP contribution in [-0.2, 0) is 4.79 Å². The molecule has 1 aliphatic heterocycles. The van der Waals surface area contributed by atoms with E-state index in [-0.39, 0.29) is 5.54 Å². The van der Waals surface area contributed by atoms with Crippen molar-refractivity contribution < 1.29 is 9.90 Å². The minimum Gasteiger partial charge on any atom is -0.478 e. The molecule has 1 aliphatic rings. The lowest BCUT2D eigenvalue weighted by Gasteiger charge is -2.46. The monoisotopic (exact) mass is 275 g/mol. The van der Waals surface area contributed by atoms with Crippen LogP contribution < -0.4 is 4.90 Å². The zero-order valence-corrected chi connectivity index (χ0v) is 12.2. The van der Waals surface area contributed by atoms with Gasteiger partial charge in [0.15, 0.2) is 0 Å². The Balaban J connectivity index is 2.27. The fourth-order valence-electron chi connectivity index (χ4n) is 2.39. The van der Waals surface area contributed by atoms with E-state index in [0.29, 0.717) is 0 Å². The number of rotatable bonds is 3. The Bertz CT molecular complexity index is 526. The fourth-order valence-corrected chi connectivity index (χ4v) is 2.39. The summed E-state index contributed by atoms with van der Waals surface area (Å²) in [5.41, 5.74) is 0.916. The molecule has 0 aromatic carbocycles. The molecule has 5 heteroatoms. The maximum Gasteiger partial charge on any atom is 0.328 e. The molecule has 1 aromatic heterocycles. The number of anilines is 1. The number of hydrogen-bond acceptors (Lipinski definition) is 4. The van der Waals surface area contributed by atoms with E-state index >= 15 is 0 Å². The highest BCUT2D eigenvalue weighted by molar-refractivity contribution is 5.86. The molecule has 5 nitrogen and oxygen atoms in total. The third kappa shape index (κ3) is 3.17. The molecule has 1 saturated heterocycles. The standard InChI is InChI=1S/C15H21N3O2/c1-15(2)11-18(10-9-17(15)3)14-12(5-4-8-16-14)6-7-13(19)20/h4-8H,9-11H2,1-3H3,(H,19,20)/b7-6+. The third-order valence-corrected chi connectivity index (χ3v) is 3.84. The summed E-state index contributed by atoms with van der Waals surface area (Å²) in [6.45, 7) is 7.13. The largest absolute Gasteiger partial charge is 0.478 e. The number of piperazine rings is 1. The van der Waals surface area contributed by atoms with E-state index in [9.17, 15) is 4.79 Å². The van der Waals surface area contributed by atoms with Crippen LogP contribution in [0.25, 0.3) is 6.08 Å². The fraction of sp³-hybridized carbons (Fsp3) is 0.467. The molecular formula is C15H21N3O2. The predicted molar refractivity (Wildman–Crippen MR) is 79.8 cm³/mol. The summed E-state index contributed by atoms with van der Waals surface area (Å²) in [4.78, 5) is 19.7. The lowest BCUT2D eigenvalue weighted by molar-refractivity contribution is -0.131. The van der Waals surface area contributed by atoms with Crippen LogP contribution in [-0.4, -0.2) is 53.2 Å². The Hall–Kier alpha value is -1.88. The summed E-state index contributed by atoms with van der Waals surface area (Å²) in [6, 6.07) is 3.72. The second-order valence-corrected chi connectivity index (χ2v) is 5.74. The minimum atomic E-state index is -0.946. The number of pyridine rings is 1. The molecule has 1 N–H and O–H groups in total. The smallest absolute Gasteiger partial charge is 0.328 e. The van der Waals surface area contributed by atoms with Crippen molar-refractivity contribution in [1.29, 1.82) is 0 Å². The van der Waals surface area contributed by atoms with Crippen molar-refractivity contribution >= 4 is 17.9 Å². The molecule has 0 bridgehead atoms. The number of carboxylic acids is 1. The summed E-state index contributed by atoms with van der Waals surface area (Å²) < 4.78 is 0. The second kappa shape index (κ2) is 5.63. The minimum absolute atomic E-state index is 0.0730. The topological polar surface area (TPSA) is 56.7 Å². The van der Waals surface area contributed by atoms with Gasteiger partial charge in [0.25, 0.3) is 0 Å². The van der Waals surface area contributed by atoms with Gasteiger partial charge in [-0.2, -0.15) is 0 Å². The van der Waals surface area contributed by atoms with Crippen LogP contribution in [0.5, 0.6) is 0 Å². The van der Waals surface area contributed by atoms with E-state index < -0.39 is 5.97 Å². The molecule has 0 aliphatic carbocycles. The van der Waals surface area contributed by atoms with E-state index in [4.69, 9.17) is 5.11 Å². The first kappa shape index (κ1) is 14.5. The quantitative estimate of drug-likeness (QED) is 0.851. The summed E-state index contributed by atoms with van der Waals surface area (Å²) in [5.74, 6) is -0.0929. The molecule has 2 heterocycles. The highest BCUT2D eigenvalue weighted by Gasteiger charge is 2.32. The van der Waals surface area contributed by atoms with Gasteiger partial charge in [0.2, 0.25) is 0 Å². The number of hydrogen-bond donors (Lipinski definition) is 1. The van der Waals surface area contributed by atoms with Crippen LogP contribution in [0.3, 0.4) is 0 Å². The van der Waals surface area contributed by atoms with Crippen molar-refractivity contribution in [2.45, 2.75) is 19.4 Å². The van der Waals surface area contributed by atoms with Crippen molar-refractivity contribution in [3.8, 4) is 0 Å². The number of nitrogens with zero attached hydrogens (tertiary/aromatic N) is 3. The van der Waals surface area contributed by atoms with E-state index in [0.717, 1.165) is 37.1 Å². The van der Waals surface area contributed by atoms with Gasteiger partial charge >= 0.3 is 5.97 Å². The molecule has 20 heavy (non-hydrogen) atoms. The van der Waals surface area contributed by atoms with Gasteiger partial charge in [-0.3, -0.25) is 4.90 Å². The van der Waals surface area contributed by atoms with Crippen LogP contribution in [0.15, 0.2) is 24.4 Å². The lowest BCUT2D eigenvalue weighted by atomic mass is 9.99. The number of carbonyl (C=O) groups is 1. The molecular weight excluding hydrogens is 254 g/mol. The molecule has 1 fully saturated rings. The molecule has 0 atom stereocenters. The first-order valence-electron chi connectivity index (χ1n) is 6.72. The molecule has 1 aromatic rings. The molecule has 0 saturated carbocycles. The average molecular weight is 275 g/mol. The van der Waals surface area contributed by atoms with E-state index in [1.807, 2.05) is 12.1 Å². The molecule has 0 radical (unpaired) electrons. The van der Waals surface area contributed by atoms with Gasteiger partial charge in [-0.05, 0) is 39.1 Å². The van der Waals surface area contributed by atoms with Crippen LogP contribution in [0, 0.1) is 0 Å². The first-order chi connectivity index (χ1) is 9.40. The molecule has 0 amide bonds. The first-order valence-corrected chi connectivity index (χ1v) is 6.72. The van der Waals surface area contributed by atoms with Gasteiger partial charge in [0, 0.05) is 43.0 Å². The Morgan fingerprint density at radius 2 is 2.20 bits per heavy atom. The number of carboxylic acid groups (broad SMARTS) is 1. The molecule has 108 valence electrons. The van der Waals surface area contributed by atoms with Gasteiger partial charge < -0.3 is 10.0 Å². The zero-order chi connectivity index (χ0) is 14.8. The van der Waals surface area contributed by atoms with Crippen molar-refractivity contribution in [2.24, 2.45) is 0 Å². The van der Waals surface area contributed by atoms with Crippen molar-refractivity contribution in [3.63, 3.8) is 0 Å². The number of likely N-dealkylation sites (N-methyl/N-ethyl adjacent to an activating group) is 1. The Morgan fingerprint density at radius 3 is 2.85 bits per heavy atom. The SMILES string of the molecule is CN1CCN(c2ncccc2/C=C/C(=O)O)CC1(C)C. The van der Waals surface area contributed by atoms with E-state index in [1.165, 1.54) is 0 Å². The van der Waals surface area contributed by atoms with Crippen molar-refractivity contribution in [1.82, 2.24) is 9.88 Å². The highest BCUT2D eigenvalue weighted by Crippen LogP contribution is 2.26. The van der Waals surface area contributed by atoms with E-state index in [1.54, 1.807) is 12.3 Å². The molecule has 2 rings (SSSR count). The van der Waals surface area contributed by atoms with Crippen molar-refractivity contribution in [3.05, 3.63) is 30.0 Å². The Morgan fingerprint density at radius 1 is 1.45 bits per heavy atom. The Labute approximate surface area is 119 Å². The number of aliphatic carboxylic acids is 1. The van der Waals surface area contributed by atoms with Gasteiger partial charge in [-0.1, -0.05) is 0 Å². The van der Waals surface area contributed by atoms with Gasteiger partial charge in [-0.15, -0.1) is 0 Å². The second-order valence-electron chi connectivity index (χ2n) is 5.74. The Kier molecular flexibility index (Phi) is 4.09. The van der Waals surface area contributed by atoms with Gasteiger partial charge in [0.1, 0.15) is 5.82 Å². The lowest BCUT2D eigenvalue weighted by Crippen LogP contribution is -2.58. The summed E-state index contributed by atoms with van der Waals surface area (Å²) in [6.07, 6.45) is 4.51. The maximum atomic E-state index is 10.7. The zero-order valence-electron chi connectivity index (χ0n) is 12.2. The highest BCUT2D eigenvalue weighted by atomic mass is 16.4. The maximum absolute atomic E-state index is 10.7. The van der Waals surface area contributed by atoms with E-state index in [2.05, 4.69) is 35.7 Å². The average Bonchev–Trinajstić information content (AvgIpc) is 2.40. The van der Waals surface area contributed by atoms with Crippen molar-refractivity contribution in [2.75, 3.05) is 31.6 Å². The van der Waals surface area contributed by atoms with Crippen LogP contribution in [0.2, 0.25) is 0 Å². The molecule has 0 spiro atoms. The predicted octanol–water partition coefficient (Wildman–Crippen LogP) is 1.71. The summed E-state index contributed by atoms with van der Waals surface area (Å²) in [7, 11) is 2.13. The summed E-state index contributed by atoms with van der Waals surface area (Å²) >= 11 is 0. The van der Waals surface area contributed by atoms with Crippen LogP contribution in [0.1, 0.15) is 19.4 Å². The number of aromatic nitrogens is 1. The third-order valence-electron chi connectivity index (χ3n) is 3.84. The van der Waals surface area contributed by atoms with Gasteiger partial charge in [0.05, 0.1) is 0 Å². The van der Waals surface area contributed by atoms with Crippen LogP contribution in [0.4, 0.5) is 5.82 Å².